The molecule has 0 aliphatic heterocycles. The third-order valence-corrected chi connectivity index (χ3v) is 22.7. The number of hydrogen-bond acceptors (Lipinski definition) is 0. The van der Waals surface area contributed by atoms with Gasteiger partial charge in [-0.1, -0.05) is 53.9 Å². The van der Waals surface area contributed by atoms with Crippen molar-refractivity contribution < 1.29 is 0 Å². The number of benzene rings is 18. The van der Waals surface area contributed by atoms with Crippen molar-refractivity contribution in [3.05, 3.63) is 16.7 Å². The SMILES string of the molecule is c12c3c4c5c6c7c8c(c9c%10c1c1c%11c3c3c%12c4c4c6c6c7c7c%13c8c9c8c9c%10c1c1c%10c%11c3c3c%11c%12c4c4c6c6c7c7c%13c8c8c9c1c1c%10c3c3c%11c4c6[c-]4c7c8c1c34)C25. The second-order valence-corrected chi connectivity index (χ2v) is 22.7. The lowest BCUT2D eigenvalue weighted by Crippen LogP contribution is -2.06. The minimum atomic E-state index is 0.343. The third-order valence-electron chi connectivity index (χ3n) is 22.7. The van der Waals surface area contributed by atoms with Crippen LogP contribution in [0.3, 0.4) is 0 Å². The Hall–Kier alpha value is -7.67. The summed E-state index contributed by atoms with van der Waals surface area (Å²) in [6.07, 6.45) is 0. The van der Waals surface area contributed by atoms with Gasteiger partial charge in [0.05, 0.1) is 0 Å². The molecule has 3 aliphatic carbocycles. The fourth-order valence-corrected chi connectivity index (χ4v) is 22.8. The summed E-state index contributed by atoms with van der Waals surface area (Å²) in [5.41, 5.74) is 5.25. The third kappa shape index (κ3) is 0.987. The predicted molar refractivity (Wildman–Crippen MR) is 258 cm³/mol. The van der Waals surface area contributed by atoms with Crippen LogP contribution in [0.25, 0.3) is 302 Å². The van der Waals surface area contributed by atoms with Gasteiger partial charge in [-0.25, -0.2) is 0 Å². The average molecular weight is 722 g/mol. The van der Waals surface area contributed by atoms with Crippen molar-refractivity contribution in [1.82, 2.24) is 0 Å². The molecule has 32 rings (SSSR count). The Bertz CT molecular complexity index is 6350. The van der Waals surface area contributed by atoms with Gasteiger partial charge >= 0.3 is 0 Å². The van der Waals surface area contributed by atoms with Gasteiger partial charge in [0.25, 0.3) is 0 Å². The maximum atomic E-state index is 1.75. The summed E-state index contributed by atoms with van der Waals surface area (Å²) in [4.78, 5) is 0. The molecule has 29 aromatic carbocycles. The van der Waals surface area contributed by atoms with Crippen LogP contribution in [-0.4, -0.2) is 0 Å². The van der Waals surface area contributed by atoms with Gasteiger partial charge in [-0.3, -0.25) is 0 Å². The van der Waals surface area contributed by atoms with Gasteiger partial charge in [0.15, 0.2) is 0 Å². The zero-order valence-electron chi connectivity index (χ0n) is 30.1. The smallest absolute Gasteiger partial charge is 0.0378 e. The first kappa shape index (κ1) is 20.3. The molecule has 3 aliphatic rings. The van der Waals surface area contributed by atoms with Crippen LogP contribution in [0.4, 0.5) is 0 Å². The van der Waals surface area contributed by atoms with Gasteiger partial charge < -0.3 is 0 Å². The second kappa shape index (κ2) is 4.38. The zero-order valence-corrected chi connectivity index (χ0v) is 30.1. The monoisotopic (exact) mass is 721 g/mol. The lowest BCUT2D eigenvalue weighted by molar-refractivity contribution is 1.07. The maximum absolute atomic E-state index is 1.75. The van der Waals surface area contributed by atoms with Crippen LogP contribution < -0.4 is 0 Å². The highest BCUT2D eigenvalue weighted by molar-refractivity contribution is 6.83. The molecule has 0 aromatic heterocycles. The fraction of sp³-hybridized carbons (Fsp3) is 0.0167. The molecule has 0 bridgehead atoms. The van der Waals surface area contributed by atoms with Crippen molar-refractivity contribution in [3.63, 3.8) is 0 Å². The van der Waals surface area contributed by atoms with Crippen molar-refractivity contribution in [1.29, 1.82) is 0 Å². The molecule has 60 heavy (non-hydrogen) atoms. The number of rotatable bonds is 0. The van der Waals surface area contributed by atoms with Crippen molar-refractivity contribution in [2.24, 2.45) is 0 Å². The summed E-state index contributed by atoms with van der Waals surface area (Å²) in [7, 11) is 0. The van der Waals surface area contributed by atoms with Crippen molar-refractivity contribution in [2.75, 3.05) is 0 Å². The minimum Gasteiger partial charge on any atom is -0.0774 e. The van der Waals surface area contributed by atoms with Gasteiger partial charge in [0.2, 0.25) is 0 Å². The summed E-state index contributed by atoms with van der Waals surface area (Å²) in [5, 5.41) is 94.1. The Morgan fingerprint density at radius 3 is 0.467 bits per heavy atom. The summed E-state index contributed by atoms with van der Waals surface area (Å²) >= 11 is 0. The van der Waals surface area contributed by atoms with Crippen LogP contribution in [0.5, 0.6) is 0 Å². The van der Waals surface area contributed by atoms with E-state index in [9.17, 15) is 0 Å². The first-order valence-electron chi connectivity index (χ1n) is 22.6. The van der Waals surface area contributed by atoms with Crippen LogP contribution in [0.1, 0.15) is 22.6 Å². The van der Waals surface area contributed by atoms with E-state index in [0.29, 0.717) is 5.92 Å². The predicted octanol–water partition coefficient (Wildman–Crippen LogP) is 17.2. The standard InChI is InChI=1S/C60H/c1-2-5-6-3(1)8-12-10-4(1)9-11-7(2)17-21-13(5)23-24-14(6)22-18(8)28-20(12)30-26-16(10)15(9)25-29-19(11)27(17)37-41-31(21)33(23)43-44-34(24)32(22)42-38(28)48-40(30)46-36(26)35(25)45-39(29)47(37)55-49(41)51(43)57-52(44)50(42)56(48)59-54(46)53(45)58(55)60(57)59/h1H/q-1. The molecule has 242 valence electrons. The molecule has 0 nitrogen and oxygen atoms in total. The molecule has 0 unspecified atom stereocenters. The Balaban J connectivity index is 1.35. The molecule has 0 N–H and O–H groups in total. The quantitative estimate of drug-likeness (QED) is 0.108. The Morgan fingerprint density at radius 2 is 0.250 bits per heavy atom. The summed E-state index contributed by atoms with van der Waals surface area (Å²) in [6, 6.07) is 0. The molecule has 29 aromatic rings. The topological polar surface area (TPSA) is 0 Å². The minimum absolute atomic E-state index is 0.343. The fourth-order valence-electron chi connectivity index (χ4n) is 22.8. The summed E-state index contributed by atoms with van der Waals surface area (Å²) in [6.45, 7) is 0. The molecule has 0 fully saturated rings. The molecule has 0 saturated carbocycles. The van der Waals surface area contributed by atoms with Crippen LogP contribution in [-0.2, 0) is 0 Å². The van der Waals surface area contributed by atoms with Crippen LogP contribution in [0.15, 0.2) is 0 Å². The number of hydrogen-bond donors (Lipinski definition) is 0. The lowest BCUT2D eigenvalue weighted by Gasteiger charge is -2.26. The highest BCUT2D eigenvalue weighted by Crippen LogP contribution is 2.81. The molecule has 0 heterocycles. The first-order chi connectivity index (χ1) is 30.0. The van der Waals surface area contributed by atoms with Gasteiger partial charge in [0, 0.05) is 5.92 Å². The van der Waals surface area contributed by atoms with E-state index in [4.69, 9.17) is 0 Å². The molecular weight excluding hydrogens is 721 g/mol. The van der Waals surface area contributed by atoms with Crippen LogP contribution in [0, 0.1) is 0 Å². The highest BCUT2D eigenvalue weighted by atomic mass is 14.5. The van der Waals surface area contributed by atoms with Crippen LogP contribution in [0.2, 0.25) is 0 Å². The Labute approximate surface area is 322 Å². The Kier molecular flexibility index (Phi) is 1.48. The molecule has 0 heteroatoms. The summed E-state index contributed by atoms with van der Waals surface area (Å²) in [5.74, 6) is 0.343. The van der Waals surface area contributed by atoms with E-state index < -0.39 is 0 Å². The van der Waals surface area contributed by atoms with Gasteiger partial charge in [-0.05, 0) is 264 Å². The van der Waals surface area contributed by atoms with Gasteiger partial charge in [-0.15, -0.1) is 0 Å². The second-order valence-electron chi connectivity index (χ2n) is 22.7. The van der Waals surface area contributed by atoms with Gasteiger partial charge in [0.1, 0.15) is 0 Å². The first-order valence-corrected chi connectivity index (χ1v) is 22.6. The maximum Gasteiger partial charge on any atom is 0.0378 e. The van der Waals surface area contributed by atoms with E-state index in [1.54, 1.807) is 318 Å². The lowest BCUT2D eigenvalue weighted by atomic mass is 9.76. The van der Waals surface area contributed by atoms with E-state index >= 15 is 0 Å². The average Bonchev–Trinajstić information content (AvgIpc) is 4.09. The molecule has 0 saturated heterocycles. The van der Waals surface area contributed by atoms with E-state index in [2.05, 4.69) is 0 Å². The molecule has 0 atom stereocenters. The zero-order chi connectivity index (χ0) is 34.6. The molecule has 0 radical (unpaired) electrons. The molecule has 0 spiro atoms. The summed E-state index contributed by atoms with van der Waals surface area (Å²) < 4.78 is 0. The van der Waals surface area contributed by atoms with E-state index in [1.807, 2.05) is 0 Å². The van der Waals surface area contributed by atoms with E-state index in [0.717, 1.165) is 0 Å². The van der Waals surface area contributed by atoms with Crippen molar-refractivity contribution in [2.45, 2.75) is 5.92 Å². The normalized spacial score (nSPS) is 19.5. The highest BCUT2D eigenvalue weighted by Gasteiger charge is 2.53. The largest absolute Gasteiger partial charge is 0.0774 e. The molecule has 0 amide bonds. The molecular formula is C60H-. The van der Waals surface area contributed by atoms with Crippen LogP contribution >= 0.6 is 0 Å². The van der Waals surface area contributed by atoms with E-state index in [1.165, 1.54) is 0 Å². The van der Waals surface area contributed by atoms with Crippen molar-refractivity contribution >= 4 is 302 Å². The van der Waals surface area contributed by atoms with Crippen molar-refractivity contribution in [3.8, 4) is 0 Å². The van der Waals surface area contributed by atoms with E-state index in [-0.39, 0.29) is 0 Å². The van der Waals surface area contributed by atoms with Gasteiger partial charge in [-0.2, -0.15) is 0 Å². The Morgan fingerprint density at radius 1 is 0.133 bits per heavy atom.